The van der Waals surface area contributed by atoms with Gasteiger partial charge in [-0.1, -0.05) is 60.7 Å². The molecule has 0 aliphatic heterocycles. The molecule has 2 N–H and O–H groups in total. The van der Waals surface area contributed by atoms with Crippen molar-refractivity contribution in [1.29, 1.82) is 0 Å². The molecular weight excluding hydrogens is 336 g/mol. The molecule has 0 bridgehead atoms. The Kier molecular flexibility index (Phi) is 7.01. The lowest BCUT2D eigenvalue weighted by Crippen LogP contribution is -2.23. The molecule has 3 rings (SSSR count). The Labute approximate surface area is 160 Å². The van der Waals surface area contributed by atoms with Gasteiger partial charge in [0.2, 0.25) is 5.91 Å². The second-order valence-corrected chi connectivity index (χ2v) is 6.20. The number of para-hydroxylation sites is 3. The first-order valence-corrected chi connectivity index (χ1v) is 9.18. The molecule has 0 unspecified atom stereocenters. The van der Waals surface area contributed by atoms with E-state index in [1.807, 2.05) is 72.8 Å². The van der Waals surface area contributed by atoms with Gasteiger partial charge in [-0.05, 0) is 42.8 Å². The van der Waals surface area contributed by atoms with Crippen molar-refractivity contribution in [2.45, 2.75) is 12.8 Å². The minimum absolute atomic E-state index is 0.0358. The molecule has 0 saturated carbocycles. The van der Waals surface area contributed by atoms with Crippen LogP contribution in [0.5, 0.6) is 11.5 Å². The largest absolute Gasteiger partial charge is 0.455 e. The highest BCUT2D eigenvalue weighted by Gasteiger charge is 2.08. The quantitative estimate of drug-likeness (QED) is 0.547. The van der Waals surface area contributed by atoms with Gasteiger partial charge in [-0.15, -0.1) is 0 Å². The van der Waals surface area contributed by atoms with E-state index in [9.17, 15) is 4.79 Å². The molecule has 0 aliphatic rings. The molecule has 0 aliphatic carbocycles. The average molecular weight is 360 g/mol. The van der Waals surface area contributed by atoms with Crippen molar-refractivity contribution in [2.75, 3.05) is 18.4 Å². The van der Waals surface area contributed by atoms with Crippen molar-refractivity contribution < 1.29 is 9.53 Å². The predicted molar refractivity (Wildman–Crippen MR) is 109 cm³/mol. The smallest absolute Gasteiger partial charge is 0.225 e. The van der Waals surface area contributed by atoms with E-state index in [2.05, 4.69) is 22.8 Å². The maximum Gasteiger partial charge on any atom is 0.225 e. The summed E-state index contributed by atoms with van der Waals surface area (Å²) in [5, 5.41) is 6.25. The first-order valence-electron chi connectivity index (χ1n) is 9.18. The van der Waals surface area contributed by atoms with Gasteiger partial charge in [-0.3, -0.25) is 4.79 Å². The van der Waals surface area contributed by atoms with Crippen LogP contribution in [-0.2, 0) is 11.2 Å². The van der Waals surface area contributed by atoms with Crippen LogP contribution in [0.2, 0.25) is 0 Å². The van der Waals surface area contributed by atoms with Crippen molar-refractivity contribution in [1.82, 2.24) is 5.32 Å². The van der Waals surface area contributed by atoms with Gasteiger partial charge in [0.25, 0.3) is 0 Å². The van der Waals surface area contributed by atoms with Gasteiger partial charge in [0.15, 0.2) is 5.75 Å². The number of rotatable bonds is 9. The fraction of sp³-hybridized carbons (Fsp3) is 0.174. The summed E-state index contributed by atoms with van der Waals surface area (Å²) in [6.45, 7) is 1.49. The number of carbonyl (C=O) groups is 1. The summed E-state index contributed by atoms with van der Waals surface area (Å²) >= 11 is 0. The molecule has 3 aromatic rings. The lowest BCUT2D eigenvalue weighted by Gasteiger charge is -2.12. The molecule has 0 radical (unpaired) electrons. The second kappa shape index (κ2) is 10.1. The van der Waals surface area contributed by atoms with Gasteiger partial charge in [0, 0.05) is 13.0 Å². The normalized spacial score (nSPS) is 10.4. The third kappa shape index (κ3) is 6.28. The number of carbonyl (C=O) groups excluding carboxylic acids is 1. The fourth-order valence-electron chi connectivity index (χ4n) is 2.69. The summed E-state index contributed by atoms with van der Waals surface area (Å²) in [5.74, 6) is 1.34. The van der Waals surface area contributed by atoms with E-state index >= 15 is 0 Å². The number of ether oxygens (including phenoxy) is 1. The van der Waals surface area contributed by atoms with Crippen LogP contribution < -0.4 is 15.4 Å². The van der Waals surface area contributed by atoms with E-state index in [1.165, 1.54) is 5.56 Å². The Morgan fingerprint density at radius 2 is 1.44 bits per heavy atom. The van der Waals surface area contributed by atoms with E-state index in [0.717, 1.165) is 18.7 Å². The first-order chi connectivity index (χ1) is 13.3. The van der Waals surface area contributed by atoms with Crippen molar-refractivity contribution in [2.24, 2.45) is 0 Å². The van der Waals surface area contributed by atoms with Crippen LogP contribution in [0.25, 0.3) is 0 Å². The zero-order valence-electron chi connectivity index (χ0n) is 15.2. The van der Waals surface area contributed by atoms with Gasteiger partial charge in [0.1, 0.15) is 5.75 Å². The van der Waals surface area contributed by atoms with Gasteiger partial charge >= 0.3 is 0 Å². The third-order valence-electron chi connectivity index (χ3n) is 4.09. The average Bonchev–Trinajstić information content (AvgIpc) is 2.71. The molecular formula is C23H24N2O2. The third-order valence-corrected chi connectivity index (χ3v) is 4.09. The summed E-state index contributed by atoms with van der Waals surface area (Å²) < 4.78 is 5.87. The fourth-order valence-corrected chi connectivity index (χ4v) is 2.69. The molecule has 0 aromatic heterocycles. The number of amides is 1. The summed E-state index contributed by atoms with van der Waals surface area (Å²) in [6, 6.07) is 27.3. The van der Waals surface area contributed by atoms with E-state index in [-0.39, 0.29) is 5.91 Å². The Bertz CT molecular complexity index is 835. The molecule has 4 heteroatoms. The molecule has 0 fully saturated rings. The van der Waals surface area contributed by atoms with Crippen LogP contribution >= 0.6 is 0 Å². The molecule has 3 aromatic carbocycles. The SMILES string of the molecule is O=C(CCNCCc1ccccc1)Nc1ccccc1Oc1ccccc1. The predicted octanol–water partition coefficient (Wildman–Crippen LogP) is 4.64. The van der Waals surface area contributed by atoms with Crippen molar-refractivity contribution >= 4 is 11.6 Å². The maximum atomic E-state index is 12.2. The minimum Gasteiger partial charge on any atom is -0.455 e. The Morgan fingerprint density at radius 1 is 0.778 bits per heavy atom. The lowest BCUT2D eigenvalue weighted by molar-refractivity contribution is -0.116. The number of benzene rings is 3. The van der Waals surface area contributed by atoms with Gasteiger partial charge < -0.3 is 15.4 Å². The van der Waals surface area contributed by atoms with Crippen molar-refractivity contribution in [3.8, 4) is 11.5 Å². The highest BCUT2D eigenvalue weighted by molar-refractivity contribution is 5.92. The van der Waals surface area contributed by atoms with Crippen LogP contribution in [0.3, 0.4) is 0 Å². The van der Waals surface area contributed by atoms with Crippen LogP contribution in [0.4, 0.5) is 5.69 Å². The number of hydrogen-bond donors (Lipinski definition) is 2. The topological polar surface area (TPSA) is 50.4 Å². The molecule has 4 nitrogen and oxygen atoms in total. The van der Waals surface area contributed by atoms with E-state index in [0.29, 0.717) is 24.4 Å². The maximum absolute atomic E-state index is 12.2. The van der Waals surface area contributed by atoms with Gasteiger partial charge in [0.05, 0.1) is 5.69 Å². The first kappa shape index (κ1) is 18.7. The number of hydrogen-bond acceptors (Lipinski definition) is 3. The van der Waals surface area contributed by atoms with Crippen LogP contribution in [0.15, 0.2) is 84.9 Å². The number of nitrogens with one attached hydrogen (secondary N) is 2. The molecule has 0 heterocycles. The monoisotopic (exact) mass is 360 g/mol. The zero-order chi connectivity index (χ0) is 18.7. The van der Waals surface area contributed by atoms with Gasteiger partial charge in [-0.25, -0.2) is 0 Å². The van der Waals surface area contributed by atoms with Crippen molar-refractivity contribution in [3.05, 3.63) is 90.5 Å². The zero-order valence-corrected chi connectivity index (χ0v) is 15.2. The van der Waals surface area contributed by atoms with Gasteiger partial charge in [-0.2, -0.15) is 0 Å². The lowest BCUT2D eigenvalue weighted by atomic mass is 10.1. The Hall–Kier alpha value is -3.11. The molecule has 0 spiro atoms. The van der Waals surface area contributed by atoms with Crippen LogP contribution in [-0.4, -0.2) is 19.0 Å². The van der Waals surface area contributed by atoms with Crippen molar-refractivity contribution in [3.63, 3.8) is 0 Å². The van der Waals surface area contributed by atoms with E-state index < -0.39 is 0 Å². The standard InChI is InChI=1S/C23H24N2O2/c26-23(16-18-24-17-15-19-9-3-1-4-10-19)25-21-13-7-8-14-22(21)27-20-11-5-2-6-12-20/h1-14,24H,15-18H2,(H,25,26). The summed E-state index contributed by atoms with van der Waals surface area (Å²) in [4.78, 5) is 12.2. The summed E-state index contributed by atoms with van der Waals surface area (Å²) in [6.07, 6.45) is 1.37. The van der Waals surface area contributed by atoms with Crippen LogP contribution in [0, 0.1) is 0 Å². The van der Waals surface area contributed by atoms with E-state index in [1.54, 1.807) is 0 Å². The highest BCUT2D eigenvalue weighted by Crippen LogP contribution is 2.29. The highest BCUT2D eigenvalue weighted by atomic mass is 16.5. The minimum atomic E-state index is -0.0358. The molecule has 0 saturated heterocycles. The second-order valence-electron chi connectivity index (χ2n) is 6.20. The van der Waals surface area contributed by atoms with Crippen LogP contribution in [0.1, 0.15) is 12.0 Å². The molecule has 27 heavy (non-hydrogen) atoms. The molecule has 138 valence electrons. The summed E-state index contributed by atoms with van der Waals surface area (Å²) in [5.41, 5.74) is 1.97. The molecule has 0 atom stereocenters. The van der Waals surface area contributed by atoms with E-state index in [4.69, 9.17) is 4.74 Å². The summed E-state index contributed by atoms with van der Waals surface area (Å²) in [7, 11) is 0. The Morgan fingerprint density at radius 3 is 2.22 bits per heavy atom. The Balaban J connectivity index is 1.44. The number of anilines is 1. The molecule has 1 amide bonds.